The third kappa shape index (κ3) is 4.00. The summed E-state index contributed by atoms with van der Waals surface area (Å²) in [7, 11) is 0. The van der Waals surface area contributed by atoms with Gasteiger partial charge in [-0.05, 0) is 42.6 Å². The van der Waals surface area contributed by atoms with Crippen LogP contribution in [0.5, 0.6) is 0 Å². The van der Waals surface area contributed by atoms with Gasteiger partial charge in [0.25, 0.3) is 0 Å². The molecule has 1 N–H and O–H groups in total. The lowest BCUT2D eigenvalue weighted by Gasteiger charge is -2.09. The number of aryl methyl sites for hydroxylation is 1. The van der Waals surface area contributed by atoms with Crippen LogP contribution >= 0.6 is 0 Å². The Labute approximate surface area is 91.7 Å². The molecule has 0 atom stereocenters. The zero-order valence-electron chi connectivity index (χ0n) is 9.65. The van der Waals surface area contributed by atoms with Crippen molar-refractivity contribution in [3.63, 3.8) is 0 Å². The summed E-state index contributed by atoms with van der Waals surface area (Å²) in [4.78, 5) is 0. The first kappa shape index (κ1) is 12.2. The molecule has 0 saturated heterocycles. The SMILES string of the molecule is CCCCc1ccc(F)cc1CNCC. The Bertz CT molecular complexity index is 297. The smallest absolute Gasteiger partial charge is 0.123 e. The minimum Gasteiger partial charge on any atom is -0.313 e. The van der Waals surface area contributed by atoms with E-state index in [4.69, 9.17) is 0 Å². The molecule has 1 aromatic rings. The van der Waals surface area contributed by atoms with Gasteiger partial charge in [0.05, 0.1) is 0 Å². The van der Waals surface area contributed by atoms with Crippen molar-refractivity contribution >= 4 is 0 Å². The van der Waals surface area contributed by atoms with E-state index in [1.807, 2.05) is 6.07 Å². The maximum atomic E-state index is 13.1. The van der Waals surface area contributed by atoms with Crippen molar-refractivity contribution < 1.29 is 4.39 Å². The Morgan fingerprint density at radius 2 is 2.00 bits per heavy atom. The van der Waals surface area contributed by atoms with Gasteiger partial charge in [0.15, 0.2) is 0 Å². The van der Waals surface area contributed by atoms with Crippen LogP contribution in [0.1, 0.15) is 37.8 Å². The number of halogens is 1. The second-order valence-corrected chi connectivity index (χ2v) is 3.80. The van der Waals surface area contributed by atoms with Crippen molar-refractivity contribution in [2.75, 3.05) is 6.54 Å². The van der Waals surface area contributed by atoms with Crippen LogP contribution in [0.4, 0.5) is 4.39 Å². The predicted molar refractivity (Wildman–Crippen MR) is 62.4 cm³/mol. The maximum Gasteiger partial charge on any atom is 0.123 e. The lowest BCUT2D eigenvalue weighted by molar-refractivity contribution is 0.619. The van der Waals surface area contributed by atoms with Crippen LogP contribution in [0, 0.1) is 5.82 Å². The molecule has 1 aromatic carbocycles. The van der Waals surface area contributed by atoms with Gasteiger partial charge in [-0.3, -0.25) is 0 Å². The molecule has 0 aliphatic carbocycles. The molecule has 1 rings (SSSR count). The zero-order valence-corrected chi connectivity index (χ0v) is 9.65. The molecule has 0 amide bonds. The average molecular weight is 209 g/mol. The van der Waals surface area contributed by atoms with E-state index >= 15 is 0 Å². The zero-order chi connectivity index (χ0) is 11.1. The Kier molecular flexibility index (Phi) is 5.33. The molecular weight excluding hydrogens is 189 g/mol. The average Bonchev–Trinajstić information content (AvgIpc) is 2.25. The number of benzene rings is 1. The van der Waals surface area contributed by atoms with E-state index in [0.29, 0.717) is 0 Å². The molecule has 84 valence electrons. The number of hydrogen-bond acceptors (Lipinski definition) is 1. The van der Waals surface area contributed by atoms with E-state index in [-0.39, 0.29) is 5.82 Å². The largest absolute Gasteiger partial charge is 0.313 e. The molecule has 0 spiro atoms. The van der Waals surface area contributed by atoms with Crippen molar-refractivity contribution in [1.29, 1.82) is 0 Å². The Morgan fingerprint density at radius 3 is 2.67 bits per heavy atom. The quantitative estimate of drug-likeness (QED) is 0.758. The van der Waals surface area contributed by atoms with E-state index < -0.39 is 0 Å². The van der Waals surface area contributed by atoms with Gasteiger partial charge in [-0.25, -0.2) is 4.39 Å². The van der Waals surface area contributed by atoms with E-state index in [0.717, 1.165) is 25.1 Å². The van der Waals surface area contributed by atoms with Crippen molar-refractivity contribution in [3.8, 4) is 0 Å². The minimum atomic E-state index is -0.136. The lowest BCUT2D eigenvalue weighted by Crippen LogP contribution is -2.13. The maximum absolute atomic E-state index is 13.1. The fourth-order valence-electron chi connectivity index (χ4n) is 1.63. The highest BCUT2D eigenvalue weighted by atomic mass is 19.1. The summed E-state index contributed by atoms with van der Waals surface area (Å²) in [5.41, 5.74) is 2.38. The van der Waals surface area contributed by atoms with E-state index in [1.54, 1.807) is 12.1 Å². The van der Waals surface area contributed by atoms with Gasteiger partial charge in [-0.15, -0.1) is 0 Å². The number of nitrogens with one attached hydrogen (secondary N) is 1. The minimum absolute atomic E-state index is 0.136. The molecule has 0 saturated carbocycles. The van der Waals surface area contributed by atoms with Crippen molar-refractivity contribution in [2.24, 2.45) is 0 Å². The molecule has 2 heteroatoms. The normalized spacial score (nSPS) is 10.6. The summed E-state index contributed by atoms with van der Waals surface area (Å²) in [6, 6.07) is 5.12. The fourth-order valence-corrected chi connectivity index (χ4v) is 1.63. The first-order valence-electron chi connectivity index (χ1n) is 5.76. The highest BCUT2D eigenvalue weighted by Crippen LogP contribution is 2.14. The van der Waals surface area contributed by atoms with Crippen LogP contribution in [0.15, 0.2) is 18.2 Å². The molecule has 0 fully saturated rings. The summed E-state index contributed by atoms with van der Waals surface area (Å²) in [6.07, 6.45) is 3.40. The van der Waals surface area contributed by atoms with Gasteiger partial charge < -0.3 is 5.32 Å². The van der Waals surface area contributed by atoms with Gasteiger partial charge in [-0.1, -0.05) is 26.3 Å². The van der Waals surface area contributed by atoms with Crippen LogP contribution in [-0.4, -0.2) is 6.54 Å². The molecule has 0 aromatic heterocycles. The summed E-state index contributed by atoms with van der Waals surface area (Å²) in [5, 5.41) is 3.24. The first-order valence-corrected chi connectivity index (χ1v) is 5.76. The predicted octanol–water partition coefficient (Wildman–Crippen LogP) is 3.28. The van der Waals surface area contributed by atoms with Gasteiger partial charge in [0.1, 0.15) is 5.82 Å². The van der Waals surface area contributed by atoms with Gasteiger partial charge >= 0.3 is 0 Å². The molecule has 0 radical (unpaired) electrons. The Morgan fingerprint density at radius 1 is 1.20 bits per heavy atom. The molecule has 0 aliphatic heterocycles. The van der Waals surface area contributed by atoms with Crippen LogP contribution in [0.3, 0.4) is 0 Å². The number of rotatable bonds is 6. The summed E-state index contributed by atoms with van der Waals surface area (Å²) >= 11 is 0. The van der Waals surface area contributed by atoms with E-state index in [9.17, 15) is 4.39 Å². The van der Waals surface area contributed by atoms with Crippen molar-refractivity contribution in [2.45, 2.75) is 39.7 Å². The summed E-state index contributed by atoms with van der Waals surface area (Å²) in [6.45, 7) is 5.93. The Hall–Kier alpha value is -0.890. The van der Waals surface area contributed by atoms with E-state index in [2.05, 4.69) is 19.2 Å². The second-order valence-electron chi connectivity index (χ2n) is 3.80. The van der Waals surface area contributed by atoms with Gasteiger partial charge in [-0.2, -0.15) is 0 Å². The molecule has 15 heavy (non-hydrogen) atoms. The van der Waals surface area contributed by atoms with Crippen molar-refractivity contribution in [3.05, 3.63) is 35.1 Å². The molecule has 0 heterocycles. The monoisotopic (exact) mass is 209 g/mol. The fraction of sp³-hybridized carbons (Fsp3) is 0.538. The highest BCUT2D eigenvalue weighted by Gasteiger charge is 2.03. The molecular formula is C13H20FN. The third-order valence-corrected chi connectivity index (χ3v) is 2.53. The number of unbranched alkanes of at least 4 members (excludes halogenated alkanes) is 1. The molecule has 1 nitrogen and oxygen atoms in total. The summed E-state index contributed by atoms with van der Waals surface area (Å²) < 4.78 is 13.1. The van der Waals surface area contributed by atoms with Crippen LogP contribution < -0.4 is 5.32 Å². The molecule has 0 unspecified atom stereocenters. The van der Waals surface area contributed by atoms with Crippen LogP contribution in [0.25, 0.3) is 0 Å². The second kappa shape index (κ2) is 6.57. The topological polar surface area (TPSA) is 12.0 Å². The highest BCUT2D eigenvalue weighted by molar-refractivity contribution is 5.28. The van der Waals surface area contributed by atoms with E-state index in [1.165, 1.54) is 18.4 Å². The first-order chi connectivity index (χ1) is 7.27. The third-order valence-electron chi connectivity index (χ3n) is 2.53. The number of hydrogen-bond donors (Lipinski definition) is 1. The van der Waals surface area contributed by atoms with Crippen LogP contribution in [0.2, 0.25) is 0 Å². The Balaban J connectivity index is 2.73. The summed E-state index contributed by atoms with van der Waals surface area (Å²) in [5.74, 6) is -0.136. The standard InChI is InChI=1S/C13H20FN/c1-3-5-6-11-7-8-13(14)9-12(11)10-15-4-2/h7-9,15H,3-6,10H2,1-2H3. The van der Waals surface area contributed by atoms with Crippen molar-refractivity contribution in [1.82, 2.24) is 5.32 Å². The molecule has 0 aliphatic rings. The lowest BCUT2D eigenvalue weighted by atomic mass is 10.0. The van der Waals surface area contributed by atoms with Gasteiger partial charge in [0, 0.05) is 6.54 Å². The molecule has 0 bridgehead atoms. The van der Waals surface area contributed by atoms with Crippen LogP contribution in [-0.2, 0) is 13.0 Å². The van der Waals surface area contributed by atoms with Gasteiger partial charge in [0.2, 0.25) is 0 Å².